The Kier molecular flexibility index (Phi) is 3.37. The number of aromatic nitrogens is 2. The van der Waals surface area contributed by atoms with Crippen molar-refractivity contribution in [3.8, 4) is 0 Å². The van der Waals surface area contributed by atoms with E-state index >= 15 is 0 Å². The zero-order valence-electron chi connectivity index (χ0n) is 10.9. The highest BCUT2D eigenvalue weighted by Crippen LogP contribution is 2.35. The topological polar surface area (TPSA) is 48.3 Å². The molecule has 1 spiro atoms. The smallest absolute Gasteiger partial charge is 0.168 e. The third-order valence-corrected chi connectivity index (χ3v) is 4.05. The molecule has 2 fully saturated rings. The molecule has 1 aromatic heterocycles. The zero-order valence-corrected chi connectivity index (χ0v) is 10.9. The summed E-state index contributed by atoms with van der Waals surface area (Å²) in [5, 5.41) is 3.60. The Morgan fingerprint density at radius 3 is 2.72 bits per heavy atom. The van der Waals surface area contributed by atoms with Gasteiger partial charge in [0.25, 0.3) is 0 Å². The number of imidazole rings is 1. The van der Waals surface area contributed by atoms with E-state index < -0.39 is 0 Å². The van der Waals surface area contributed by atoms with Crippen molar-refractivity contribution in [3.63, 3.8) is 0 Å². The van der Waals surface area contributed by atoms with Gasteiger partial charge in [0.05, 0.1) is 25.2 Å². The minimum absolute atomic E-state index is 0.245. The van der Waals surface area contributed by atoms with Gasteiger partial charge in [0.1, 0.15) is 0 Å². The van der Waals surface area contributed by atoms with Crippen molar-refractivity contribution in [2.75, 3.05) is 13.2 Å². The Balaban J connectivity index is 1.47. The molecule has 3 rings (SSSR count). The van der Waals surface area contributed by atoms with Gasteiger partial charge in [0, 0.05) is 38.7 Å². The summed E-state index contributed by atoms with van der Waals surface area (Å²) >= 11 is 0. The van der Waals surface area contributed by atoms with Crippen molar-refractivity contribution in [1.82, 2.24) is 14.9 Å². The van der Waals surface area contributed by atoms with E-state index in [0.717, 1.165) is 45.4 Å². The van der Waals surface area contributed by atoms with Crippen LogP contribution in [0.25, 0.3) is 0 Å². The van der Waals surface area contributed by atoms with Crippen LogP contribution in [0.5, 0.6) is 0 Å². The van der Waals surface area contributed by atoms with Crippen LogP contribution in [-0.4, -0.2) is 34.6 Å². The minimum atomic E-state index is -0.245. The number of rotatable bonds is 3. The summed E-state index contributed by atoms with van der Waals surface area (Å²) in [5.41, 5.74) is 1.23. The molecule has 5 nitrogen and oxygen atoms in total. The maximum atomic E-state index is 5.74. The molecule has 0 unspecified atom stereocenters. The summed E-state index contributed by atoms with van der Waals surface area (Å²) in [7, 11) is 2.03. The second kappa shape index (κ2) is 4.99. The highest BCUT2D eigenvalue weighted by atomic mass is 16.7. The van der Waals surface area contributed by atoms with E-state index in [2.05, 4.69) is 14.9 Å². The average molecular weight is 251 g/mol. The molecule has 0 atom stereocenters. The Hall–Kier alpha value is -0.910. The molecule has 0 radical (unpaired) electrons. The fourth-order valence-corrected chi connectivity index (χ4v) is 2.85. The van der Waals surface area contributed by atoms with Gasteiger partial charge in [-0.15, -0.1) is 0 Å². The minimum Gasteiger partial charge on any atom is -0.348 e. The van der Waals surface area contributed by atoms with Gasteiger partial charge in [0.15, 0.2) is 5.79 Å². The van der Waals surface area contributed by atoms with Crippen LogP contribution in [0, 0.1) is 0 Å². The summed E-state index contributed by atoms with van der Waals surface area (Å²) in [6.45, 7) is 2.40. The van der Waals surface area contributed by atoms with Crippen LogP contribution < -0.4 is 5.32 Å². The zero-order chi connectivity index (χ0) is 12.4. The van der Waals surface area contributed by atoms with E-state index in [9.17, 15) is 0 Å². The average Bonchev–Trinajstić information content (AvgIpc) is 2.99. The van der Waals surface area contributed by atoms with Gasteiger partial charge < -0.3 is 19.4 Å². The summed E-state index contributed by atoms with van der Waals surface area (Å²) in [6, 6.07) is 0.568. The van der Waals surface area contributed by atoms with Crippen molar-refractivity contribution < 1.29 is 9.47 Å². The third-order valence-electron chi connectivity index (χ3n) is 4.05. The Labute approximate surface area is 107 Å². The van der Waals surface area contributed by atoms with Crippen LogP contribution in [0.2, 0.25) is 0 Å². The number of ether oxygens (including phenoxy) is 2. The van der Waals surface area contributed by atoms with Crippen LogP contribution in [0.15, 0.2) is 12.5 Å². The van der Waals surface area contributed by atoms with Gasteiger partial charge in [-0.2, -0.15) is 0 Å². The molecular weight excluding hydrogens is 230 g/mol. The first-order valence-electron chi connectivity index (χ1n) is 6.74. The fourth-order valence-electron chi connectivity index (χ4n) is 2.85. The normalized spacial score (nSPS) is 23.8. The third kappa shape index (κ3) is 2.43. The largest absolute Gasteiger partial charge is 0.348 e. The van der Waals surface area contributed by atoms with Crippen LogP contribution in [-0.2, 0) is 23.1 Å². The predicted molar refractivity (Wildman–Crippen MR) is 66.9 cm³/mol. The Bertz CT molecular complexity index is 389. The van der Waals surface area contributed by atoms with Crippen molar-refractivity contribution in [2.24, 2.45) is 7.05 Å². The molecule has 2 heterocycles. The van der Waals surface area contributed by atoms with E-state index in [4.69, 9.17) is 9.47 Å². The molecular formula is C13H21N3O2. The van der Waals surface area contributed by atoms with Crippen molar-refractivity contribution >= 4 is 0 Å². The Morgan fingerprint density at radius 1 is 1.39 bits per heavy atom. The highest BCUT2D eigenvalue weighted by molar-refractivity contribution is 4.97. The lowest BCUT2D eigenvalue weighted by atomic mass is 9.90. The first-order valence-corrected chi connectivity index (χ1v) is 6.74. The van der Waals surface area contributed by atoms with Crippen molar-refractivity contribution in [1.29, 1.82) is 0 Å². The van der Waals surface area contributed by atoms with E-state index in [1.807, 2.05) is 19.6 Å². The van der Waals surface area contributed by atoms with Crippen LogP contribution in [0.1, 0.15) is 31.4 Å². The lowest BCUT2D eigenvalue weighted by molar-refractivity contribution is -0.179. The lowest BCUT2D eigenvalue weighted by Gasteiger charge is -2.35. The molecule has 1 saturated carbocycles. The quantitative estimate of drug-likeness (QED) is 0.877. The summed E-state index contributed by atoms with van der Waals surface area (Å²) < 4.78 is 13.5. The second-order valence-electron chi connectivity index (χ2n) is 5.26. The summed E-state index contributed by atoms with van der Waals surface area (Å²) in [4.78, 5) is 4.13. The molecule has 1 saturated heterocycles. The maximum Gasteiger partial charge on any atom is 0.168 e. The van der Waals surface area contributed by atoms with Crippen LogP contribution in [0.4, 0.5) is 0 Å². The molecule has 100 valence electrons. The first-order chi connectivity index (χ1) is 8.77. The molecule has 5 heteroatoms. The van der Waals surface area contributed by atoms with Gasteiger partial charge in [-0.25, -0.2) is 4.98 Å². The van der Waals surface area contributed by atoms with E-state index in [1.165, 1.54) is 5.69 Å². The van der Waals surface area contributed by atoms with E-state index in [1.54, 1.807) is 0 Å². The molecule has 1 aliphatic heterocycles. The second-order valence-corrected chi connectivity index (χ2v) is 5.26. The van der Waals surface area contributed by atoms with Gasteiger partial charge in [-0.1, -0.05) is 0 Å². The molecule has 2 aliphatic rings. The van der Waals surface area contributed by atoms with Gasteiger partial charge in [-0.3, -0.25) is 0 Å². The SMILES string of the molecule is Cn1cncc1CNC1CCC2(CC1)OCCO2. The number of hydrogen-bond donors (Lipinski definition) is 1. The maximum absolute atomic E-state index is 5.74. The predicted octanol–water partition coefficient (Wildman–Crippen LogP) is 1.20. The van der Waals surface area contributed by atoms with Gasteiger partial charge in [-0.05, 0) is 12.8 Å². The molecule has 1 aromatic rings. The molecule has 0 bridgehead atoms. The number of nitrogens with zero attached hydrogens (tertiary/aromatic N) is 2. The van der Waals surface area contributed by atoms with Crippen molar-refractivity contribution in [2.45, 2.75) is 44.1 Å². The molecule has 1 aliphatic carbocycles. The van der Waals surface area contributed by atoms with E-state index in [0.29, 0.717) is 6.04 Å². The highest BCUT2D eigenvalue weighted by Gasteiger charge is 2.40. The van der Waals surface area contributed by atoms with Gasteiger partial charge >= 0.3 is 0 Å². The van der Waals surface area contributed by atoms with Crippen LogP contribution >= 0.6 is 0 Å². The first kappa shape index (κ1) is 12.1. The van der Waals surface area contributed by atoms with E-state index in [-0.39, 0.29) is 5.79 Å². The van der Waals surface area contributed by atoms with Crippen molar-refractivity contribution in [3.05, 3.63) is 18.2 Å². The lowest BCUT2D eigenvalue weighted by Crippen LogP contribution is -2.41. The molecule has 0 aromatic carbocycles. The molecule has 1 N–H and O–H groups in total. The van der Waals surface area contributed by atoms with Gasteiger partial charge in [0.2, 0.25) is 0 Å². The number of hydrogen-bond acceptors (Lipinski definition) is 4. The summed E-state index contributed by atoms with van der Waals surface area (Å²) in [5.74, 6) is -0.245. The monoisotopic (exact) mass is 251 g/mol. The molecule has 0 amide bonds. The standard InChI is InChI=1S/C13H21N3O2/c1-16-10-14-8-12(16)9-15-11-2-4-13(5-3-11)17-6-7-18-13/h8,10-11,15H,2-7,9H2,1H3. The number of aryl methyl sites for hydroxylation is 1. The van der Waals surface area contributed by atoms with Crippen LogP contribution in [0.3, 0.4) is 0 Å². The molecule has 18 heavy (non-hydrogen) atoms. The summed E-state index contributed by atoms with van der Waals surface area (Å²) in [6.07, 6.45) is 8.02. The fraction of sp³-hybridized carbons (Fsp3) is 0.769. The number of nitrogens with one attached hydrogen (secondary N) is 1. The Morgan fingerprint density at radius 2 is 2.11 bits per heavy atom.